The minimum atomic E-state index is 1.09. The van der Waals surface area contributed by atoms with Crippen molar-refractivity contribution in [3.8, 4) is 66.8 Å². The first kappa shape index (κ1) is 39.3. The maximum atomic E-state index is 2.41. The highest BCUT2D eigenvalue weighted by Crippen LogP contribution is 2.46. The van der Waals surface area contributed by atoms with Crippen LogP contribution in [0.5, 0.6) is 0 Å². The van der Waals surface area contributed by atoms with Crippen molar-refractivity contribution < 1.29 is 0 Å². The fourth-order valence-electron chi connectivity index (χ4n) is 9.83. The molecule has 12 aromatic rings. The Bertz CT molecular complexity index is 3590. The number of hydrogen-bond donors (Lipinski definition) is 0. The normalized spacial score (nSPS) is 11.3. The van der Waals surface area contributed by atoms with Crippen LogP contribution < -0.4 is 4.90 Å². The van der Waals surface area contributed by atoms with Crippen molar-refractivity contribution >= 4 is 59.3 Å². The van der Waals surface area contributed by atoms with Crippen molar-refractivity contribution in [1.29, 1.82) is 0 Å². The van der Waals surface area contributed by atoms with Gasteiger partial charge in [-0.25, -0.2) is 0 Å². The van der Waals surface area contributed by atoms with E-state index in [0.717, 1.165) is 17.1 Å². The van der Waals surface area contributed by atoms with Crippen LogP contribution in [0.2, 0.25) is 0 Å². The largest absolute Gasteiger partial charge is 0.310 e. The van der Waals surface area contributed by atoms with Crippen LogP contribution in [0, 0.1) is 0 Å². The fraction of sp³-hybridized carbons (Fsp3) is 0. The summed E-state index contributed by atoms with van der Waals surface area (Å²) in [5.41, 5.74) is 17.9. The second kappa shape index (κ2) is 17.0. The van der Waals surface area contributed by atoms with Crippen molar-refractivity contribution in [3.63, 3.8) is 0 Å². The summed E-state index contributed by atoms with van der Waals surface area (Å²) >= 11 is 1.86. The smallest absolute Gasteiger partial charge is 0.0476 e. The molecule has 12 rings (SSSR count). The van der Waals surface area contributed by atoms with E-state index in [0.29, 0.717) is 0 Å². The molecule has 1 heterocycles. The molecule has 0 saturated carbocycles. The van der Waals surface area contributed by atoms with Gasteiger partial charge < -0.3 is 4.90 Å². The maximum Gasteiger partial charge on any atom is 0.0476 e. The Kier molecular flexibility index (Phi) is 10.1. The van der Waals surface area contributed by atoms with Crippen LogP contribution in [-0.2, 0) is 0 Å². The summed E-state index contributed by atoms with van der Waals surface area (Å²) in [4.78, 5) is 2.41. The van der Waals surface area contributed by atoms with Crippen LogP contribution in [0.25, 0.3) is 97.7 Å². The lowest BCUT2D eigenvalue weighted by atomic mass is 9.87. The number of nitrogens with zero attached hydrogens (tertiary/aromatic N) is 1. The fourth-order valence-corrected chi connectivity index (χ4v) is 11.0. The summed E-state index contributed by atoms with van der Waals surface area (Å²) in [5, 5.41) is 5.08. The molecule has 0 fully saturated rings. The van der Waals surface area contributed by atoms with E-state index in [1.54, 1.807) is 0 Å². The summed E-state index contributed by atoms with van der Waals surface area (Å²) in [6, 6.07) is 95.0. The molecular weight excluding hydrogens is 815 g/mol. The van der Waals surface area contributed by atoms with Crippen molar-refractivity contribution in [2.45, 2.75) is 0 Å². The Balaban J connectivity index is 1.01. The topological polar surface area (TPSA) is 3.24 Å². The predicted octanol–water partition coefficient (Wildman–Crippen LogP) is 18.7. The Morgan fingerprint density at radius 2 is 0.712 bits per heavy atom. The molecule has 0 aliphatic rings. The molecule has 66 heavy (non-hydrogen) atoms. The van der Waals surface area contributed by atoms with E-state index in [1.165, 1.54) is 97.7 Å². The number of hydrogen-bond acceptors (Lipinski definition) is 2. The summed E-state index contributed by atoms with van der Waals surface area (Å²) in [7, 11) is 0. The molecule has 1 nitrogen and oxygen atoms in total. The van der Waals surface area contributed by atoms with Crippen molar-refractivity contribution in [2.24, 2.45) is 0 Å². The number of rotatable bonds is 9. The molecule has 0 aliphatic heterocycles. The summed E-state index contributed by atoms with van der Waals surface area (Å²) in [5.74, 6) is 0. The zero-order chi connectivity index (χ0) is 43.8. The molecule has 0 aliphatic carbocycles. The van der Waals surface area contributed by atoms with E-state index in [1.807, 2.05) is 11.3 Å². The Morgan fingerprint density at radius 3 is 1.33 bits per heavy atom. The van der Waals surface area contributed by atoms with Crippen molar-refractivity contribution in [2.75, 3.05) is 4.90 Å². The Morgan fingerprint density at radius 1 is 0.258 bits per heavy atom. The van der Waals surface area contributed by atoms with E-state index >= 15 is 0 Å². The number of thiophene rings is 1. The van der Waals surface area contributed by atoms with E-state index in [2.05, 4.69) is 266 Å². The summed E-state index contributed by atoms with van der Waals surface area (Å²) < 4.78 is 2.55. The molecular formula is C64H43NS. The van der Waals surface area contributed by atoms with Gasteiger partial charge in [0.15, 0.2) is 0 Å². The standard InChI is InChI=1S/C64H43NS/c1-5-17-44(18-6-1)55-27-15-28-56(45-19-7-2-8-20-45)63(55)50-33-38-52(39-34-50)65(53-40-42-59-61(43-53)66-60-30-16-29-57(64(59)60)46-21-9-3-10-22-46)51-36-31-48(32-37-51)58-41-35-47-23-13-14-26-54(47)62(58)49-24-11-4-12-25-49/h1-43H. The highest BCUT2D eigenvalue weighted by atomic mass is 32.1. The molecule has 0 amide bonds. The van der Waals surface area contributed by atoms with E-state index in [4.69, 9.17) is 0 Å². The third-order valence-corrected chi connectivity index (χ3v) is 14.0. The number of anilines is 3. The van der Waals surface area contributed by atoms with Gasteiger partial charge in [0.2, 0.25) is 0 Å². The Hall–Kier alpha value is -8.30. The Labute approximate surface area is 389 Å². The molecule has 0 unspecified atom stereocenters. The molecule has 0 radical (unpaired) electrons. The van der Waals surface area contributed by atoms with E-state index in [-0.39, 0.29) is 0 Å². The second-order valence-electron chi connectivity index (χ2n) is 16.8. The zero-order valence-electron chi connectivity index (χ0n) is 36.2. The number of benzene rings is 11. The molecule has 0 bridgehead atoms. The summed E-state index contributed by atoms with van der Waals surface area (Å²) in [6.07, 6.45) is 0. The first-order valence-electron chi connectivity index (χ1n) is 22.6. The number of fused-ring (bicyclic) bond motifs is 4. The lowest BCUT2D eigenvalue weighted by molar-refractivity contribution is 1.29. The van der Waals surface area contributed by atoms with Gasteiger partial charge in [-0.1, -0.05) is 218 Å². The van der Waals surface area contributed by atoms with Gasteiger partial charge in [-0.05, 0) is 120 Å². The molecule has 11 aromatic carbocycles. The lowest BCUT2D eigenvalue weighted by Gasteiger charge is -2.26. The lowest BCUT2D eigenvalue weighted by Crippen LogP contribution is -2.09. The molecule has 0 spiro atoms. The molecule has 0 atom stereocenters. The van der Waals surface area contributed by atoms with Crippen molar-refractivity contribution in [1.82, 2.24) is 0 Å². The van der Waals surface area contributed by atoms with Crippen LogP contribution in [-0.4, -0.2) is 0 Å². The SMILES string of the molecule is c1ccc(-c2cccc(-c3ccccc3)c2-c2ccc(N(c3ccc(-c4ccc5ccccc5c4-c4ccccc4)cc3)c3ccc4c(c3)sc3cccc(-c5ccccc5)c34)cc2)cc1. The van der Waals surface area contributed by atoms with Crippen LogP contribution in [0.3, 0.4) is 0 Å². The zero-order valence-corrected chi connectivity index (χ0v) is 37.0. The average molecular weight is 858 g/mol. The van der Waals surface area contributed by atoms with Gasteiger partial charge in [0.25, 0.3) is 0 Å². The summed E-state index contributed by atoms with van der Waals surface area (Å²) in [6.45, 7) is 0. The highest BCUT2D eigenvalue weighted by molar-refractivity contribution is 7.26. The van der Waals surface area contributed by atoms with Gasteiger partial charge in [-0.15, -0.1) is 11.3 Å². The van der Waals surface area contributed by atoms with Gasteiger partial charge >= 0.3 is 0 Å². The van der Waals surface area contributed by atoms with Crippen LogP contribution in [0.4, 0.5) is 17.1 Å². The third kappa shape index (κ3) is 7.15. The molecule has 310 valence electrons. The molecule has 0 saturated heterocycles. The van der Waals surface area contributed by atoms with Gasteiger partial charge in [-0.2, -0.15) is 0 Å². The van der Waals surface area contributed by atoms with Crippen LogP contribution >= 0.6 is 11.3 Å². The van der Waals surface area contributed by atoms with E-state index < -0.39 is 0 Å². The first-order chi connectivity index (χ1) is 32.7. The van der Waals surface area contributed by atoms with Crippen molar-refractivity contribution in [3.05, 3.63) is 261 Å². The second-order valence-corrected chi connectivity index (χ2v) is 17.9. The maximum absolute atomic E-state index is 2.41. The van der Waals surface area contributed by atoms with Crippen LogP contribution in [0.1, 0.15) is 0 Å². The quantitative estimate of drug-likeness (QED) is 0.140. The van der Waals surface area contributed by atoms with Gasteiger partial charge in [0, 0.05) is 37.2 Å². The molecule has 0 N–H and O–H groups in total. The predicted molar refractivity (Wildman–Crippen MR) is 284 cm³/mol. The van der Waals surface area contributed by atoms with Gasteiger partial charge in [0.1, 0.15) is 0 Å². The minimum Gasteiger partial charge on any atom is -0.310 e. The van der Waals surface area contributed by atoms with Gasteiger partial charge in [0.05, 0.1) is 0 Å². The van der Waals surface area contributed by atoms with Gasteiger partial charge in [-0.3, -0.25) is 0 Å². The van der Waals surface area contributed by atoms with E-state index in [9.17, 15) is 0 Å². The molecule has 2 heteroatoms. The highest BCUT2D eigenvalue weighted by Gasteiger charge is 2.20. The first-order valence-corrected chi connectivity index (χ1v) is 23.4. The minimum absolute atomic E-state index is 1.09. The average Bonchev–Trinajstić information content (AvgIpc) is 3.78. The monoisotopic (exact) mass is 857 g/mol. The van der Waals surface area contributed by atoms with Crippen LogP contribution in [0.15, 0.2) is 261 Å². The third-order valence-electron chi connectivity index (χ3n) is 12.9. The molecule has 1 aromatic heterocycles.